The minimum absolute atomic E-state index is 0.149. The van der Waals surface area contributed by atoms with Crippen LogP contribution in [-0.2, 0) is 0 Å². The Labute approximate surface area is 245 Å². The van der Waals surface area contributed by atoms with E-state index in [1.807, 2.05) is 24.3 Å². The molecule has 0 atom stereocenters. The molecular weight excluding hydrogens is 604 g/mol. The molecule has 10 nitrogen and oxygen atoms in total. The van der Waals surface area contributed by atoms with Crippen LogP contribution in [0.25, 0.3) is 39.1 Å². The number of furan rings is 1. The van der Waals surface area contributed by atoms with Crippen LogP contribution < -0.4 is 5.56 Å². The third-order valence-electron chi connectivity index (χ3n) is 6.90. The van der Waals surface area contributed by atoms with E-state index in [9.17, 15) is 24.6 Å². The standard InChI is InChI=1S/C31H21BrN4O6/c1-16-9-21(17(2)35(16)23-12-19(30(38)39)10-20(13-23)31(40)41)15-33-36-28(34-25-6-4-3-5-24(25)29(36)37)27-14-18-11-22(32)7-8-26(18)42-27/h3-15H,1-2H3,(H,38,39)(H,40,41). The summed E-state index contributed by atoms with van der Waals surface area (Å²) in [6, 6.07) is 20.1. The van der Waals surface area contributed by atoms with Crippen molar-refractivity contribution in [3.8, 4) is 17.3 Å². The molecule has 6 aromatic rings. The van der Waals surface area contributed by atoms with Crippen LogP contribution in [0.2, 0.25) is 0 Å². The zero-order valence-electron chi connectivity index (χ0n) is 22.2. The highest BCUT2D eigenvalue weighted by atomic mass is 79.9. The van der Waals surface area contributed by atoms with Crippen molar-refractivity contribution < 1.29 is 24.2 Å². The molecule has 2 N–H and O–H groups in total. The predicted octanol–water partition coefficient (Wildman–Crippen LogP) is 6.26. The fourth-order valence-corrected chi connectivity index (χ4v) is 5.32. The highest BCUT2D eigenvalue weighted by molar-refractivity contribution is 9.10. The lowest BCUT2D eigenvalue weighted by atomic mass is 10.1. The Balaban J connectivity index is 1.50. The van der Waals surface area contributed by atoms with Gasteiger partial charge in [-0.05, 0) is 74.5 Å². The Bertz CT molecular complexity index is 2140. The van der Waals surface area contributed by atoms with E-state index < -0.39 is 11.9 Å². The number of carboxylic acids is 2. The van der Waals surface area contributed by atoms with Crippen molar-refractivity contribution in [2.75, 3.05) is 0 Å². The van der Waals surface area contributed by atoms with Crippen LogP contribution in [0.15, 0.2) is 91.6 Å². The number of carbonyl (C=O) groups is 2. The van der Waals surface area contributed by atoms with Crippen molar-refractivity contribution in [1.82, 2.24) is 14.2 Å². The van der Waals surface area contributed by atoms with E-state index >= 15 is 0 Å². The molecule has 0 spiro atoms. The summed E-state index contributed by atoms with van der Waals surface area (Å²) in [5.41, 5.74) is 2.81. The zero-order chi connectivity index (χ0) is 29.7. The molecule has 3 aromatic heterocycles. The van der Waals surface area contributed by atoms with Crippen LogP contribution in [0.3, 0.4) is 0 Å². The number of aromatic nitrogens is 3. The third-order valence-corrected chi connectivity index (χ3v) is 7.40. The smallest absolute Gasteiger partial charge is 0.335 e. The van der Waals surface area contributed by atoms with Gasteiger partial charge in [-0.2, -0.15) is 9.78 Å². The summed E-state index contributed by atoms with van der Waals surface area (Å²) in [6.45, 7) is 3.60. The molecule has 6 rings (SSSR count). The Hall–Kier alpha value is -5.29. The molecule has 0 aliphatic carbocycles. The first-order valence-electron chi connectivity index (χ1n) is 12.7. The van der Waals surface area contributed by atoms with Crippen molar-refractivity contribution in [2.24, 2.45) is 5.10 Å². The van der Waals surface area contributed by atoms with Gasteiger partial charge in [-0.3, -0.25) is 4.79 Å². The van der Waals surface area contributed by atoms with Gasteiger partial charge in [0.2, 0.25) is 5.82 Å². The second kappa shape index (κ2) is 10.3. The van der Waals surface area contributed by atoms with Gasteiger partial charge in [0, 0.05) is 32.5 Å². The predicted molar refractivity (Wildman–Crippen MR) is 161 cm³/mol. The number of hydrogen-bond donors (Lipinski definition) is 2. The highest BCUT2D eigenvalue weighted by Crippen LogP contribution is 2.29. The summed E-state index contributed by atoms with van der Waals surface area (Å²) < 4.78 is 9.86. The first kappa shape index (κ1) is 26.9. The molecule has 0 radical (unpaired) electrons. The second-order valence-electron chi connectivity index (χ2n) is 9.65. The summed E-state index contributed by atoms with van der Waals surface area (Å²) in [4.78, 5) is 41.7. The van der Waals surface area contributed by atoms with Crippen LogP contribution >= 0.6 is 15.9 Å². The third kappa shape index (κ3) is 4.69. The minimum atomic E-state index is -1.24. The maximum Gasteiger partial charge on any atom is 0.335 e. The van der Waals surface area contributed by atoms with E-state index in [-0.39, 0.29) is 22.5 Å². The number of halogens is 1. The number of para-hydroxylation sites is 1. The Morgan fingerprint density at radius 2 is 1.67 bits per heavy atom. The molecule has 0 aliphatic heterocycles. The van der Waals surface area contributed by atoms with E-state index in [4.69, 9.17) is 9.40 Å². The number of aromatic carboxylic acids is 2. The van der Waals surface area contributed by atoms with Crippen LogP contribution in [0.4, 0.5) is 0 Å². The molecule has 0 bridgehead atoms. The fourth-order valence-electron chi connectivity index (χ4n) is 4.94. The van der Waals surface area contributed by atoms with Crippen molar-refractivity contribution in [3.63, 3.8) is 0 Å². The normalized spacial score (nSPS) is 11.6. The van der Waals surface area contributed by atoms with E-state index in [0.717, 1.165) is 15.9 Å². The van der Waals surface area contributed by atoms with Gasteiger partial charge in [0.1, 0.15) is 5.58 Å². The number of carboxylic acid groups (broad SMARTS) is 2. The molecule has 208 valence electrons. The van der Waals surface area contributed by atoms with Gasteiger partial charge >= 0.3 is 11.9 Å². The van der Waals surface area contributed by atoms with Gasteiger partial charge in [-0.15, -0.1) is 0 Å². The number of hydrogen-bond acceptors (Lipinski definition) is 6. The number of nitrogens with zero attached hydrogens (tertiary/aromatic N) is 4. The summed E-state index contributed by atoms with van der Waals surface area (Å²) in [6.07, 6.45) is 1.51. The van der Waals surface area contributed by atoms with Crippen LogP contribution in [0.5, 0.6) is 0 Å². The largest absolute Gasteiger partial charge is 0.478 e. The molecule has 3 heterocycles. The van der Waals surface area contributed by atoms with Crippen molar-refractivity contribution in [2.45, 2.75) is 13.8 Å². The molecule has 11 heteroatoms. The van der Waals surface area contributed by atoms with E-state index in [0.29, 0.717) is 44.9 Å². The monoisotopic (exact) mass is 624 g/mol. The first-order valence-corrected chi connectivity index (χ1v) is 13.5. The molecule has 0 saturated carbocycles. The molecule has 0 saturated heterocycles. The van der Waals surface area contributed by atoms with Crippen LogP contribution in [0, 0.1) is 13.8 Å². The van der Waals surface area contributed by atoms with Gasteiger partial charge < -0.3 is 19.2 Å². The SMILES string of the molecule is Cc1cc(C=Nn2c(-c3cc4cc(Br)ccc4o3)nc3ccccc3c2=O)c(C)n1-c1cc(C(=O)O)cc(C(=O)O)c1. The maximum atomic E-state index is 13.6. The van der Waals surface area contributed by atoms with Gasteiger partial charge in [-0.1, -0.05) is 28.1 Å². The quantitative estimate of drug-likeness (QED) is 0.208. The maximum absolute atomic E-state index is 13.6. The Morgan fingerprint density at radius 3 is 2.38 bits per heavy atom. The fraction of sp³-hybridized carbons (Fsp3) is 0.0645. The average molecular weight is 625 g/mol. The van der Waals surface area contributed by atoms with E-state index in [1.165, 1.54) is 23.0 Å². The lowest BCUT2D eigenvalue weighted by Crippen LogP contribution is -2.20. The number of rotatable bonds is 6. The summed E-state index contributed by atoms with van der Waals surface area (Å²) in [5.74, 6) is -1.90. The number of fused-ring (bicyclic) bond motifs is 2. The van der Waals surface area contributed by atoms with Gasteiger partial charge in [0.25, 0.3) is 5.56 Å². The molecular formula is C31H21BrN4O6. The topological polar surface area (TPSA) is 140 Å². The van der Waals surface area contributed by atoms with Crippen molar-refractivity contribution in [3.05, 3.63) is 116 Å². The molecule has 0 unspecified atom stereocenters. The van der Waals surface area contributed by atoms with Crippen LogP contribution in [-0.4, -0.2) is 42.6 Å². The van der Waals surface area contributed by atoms with E-state index in [2.05, 4.69) is 21.0 Å². The van der Waals surface area contributed by atoms with Gasteiger partial charge in [0.05, 0.1) is 28.2 Å². The highest BCUT2D eigenvalue weighted by Gasteiger charge is 2.18. The van der Waals surface area contributed by atoms with Crippen molar-refractivity contribution >= 4 is 56.0 Å². The first-order chi connectivity index (χ1) is 20.1. The molecule has 3 aromatic carbocycles. The summed E-state index contributed by atoms with van der Waals surface area (Å²) in [5, 5.41) is 24.8. The number of benzene rings is 3. The molecule has 0 amide bonds. The second-order valence-corrected chi connectivity index (χ2v) is 10.6. The molecule has 0 fully saturated rings. The molecule has 0 aliphatic rings. The summed E-state index contributed by atoms with van der Waals surface area (Å²) in [7, 11) is 0. The average Bonchev–Trinajstić information content (AvgIpc) is 3.51. The van der Waals surface area contributed by atoms with Crippen molar-refractivity contribution in [1.29, 1.82) is 0 Å². The lowest BCUT2D eigenvalue weighted by Gasteiger charge is -2.12. The Kier molecular flexibility index (Phi) is 6.58. The summed E-state index contributed by atoms with van der Waals surface area (Å²) >= 11 is 3.46. The van der Waals surface area contributed by atoms with Crippen LogP contribution in [0.1, 0.15) is 37.7 Å². The van der Waals surface area contributed by atoms with Gasteiger partial charge in [-0.25, -0.2) is 14.6 Å². The minimum Gasteiger partial charge on any atom is -0.478 e. The lowest BCUT2D eigenvalue weighted by molar-refractivity contribution is 0.0696. The molecule has 42 heavy (non-hydrogen) atoms. The van der Waals surface area contributed by atoms with Gasteiger partial charge in [0.15, 0.2) is 5.76 Å². The van der Waals surface area contributed by atoms with E-state index in [1.54, 1.807) is 48.7 Å². The Morgan fingerprint density at radius 1 is 0.952 bits per heavy atom. The number of aryl methyl sites for hydroxylation is 1. The zero-order valence-corrected chi connectivity index (χ0v) is 23.8.